The minimum absolute atomic E-state index is 0.306. The molecule has 8 heteroatoms. The van der Waals surface area contributed by atoms with E-state index in [0.717, 1.165) is 6.92 Å². The number of alkyl halides is 3. The minimum Gasteiger partial charge on any atom is -0.299 e. The third-order valence-electron chi connectivity index (χ3n) is 4.04. The number of hydrogen-bond donors (Lipinski definition) is 0. The maximum absolute atomic E-state index is 12.6. The molecule has 0 saturated carbocycles. The van der Waals surface area contributed by atoms with Crippen LogP contribution in [0.3, 0.4) is 0 Å². The molecular formula is C12H23F3N2O2S. The van der Waals surface area contributed by atoms with Gasteiger partial charge >= 0.3 is 6.18 Å². The molecule has 0 spiro atoms. The summed E-state index contributed by atoms with van der Waals surface area (Å²) >= 11 is 0. The summed E-state index contributed by atoms with van der Waals surface area (Å²) in [6, 6.07) is -1.45. The first kappa shape index (κ1) is 17.7. The smallest absolute Gasteiger partial charge is 0.299 e. The first-order chi connectivity index (χ1) is 8.84. The van der Waals surface area contributed by atoms with Crippen LogP contribution in [0.25, 0.3) is 0 Å². The molecule has 1 rings (SSSR count). The van der Waals surface area contributed by atoms with Crippen LogP contribution >= 0.6 is 0 Å². The van der Waals surface area contributed by atoms with Crippen molar-refractivity contribution in [1.29, 1.82) is 0 Å². The zero-order chi connectivity index (χ0) is 15.8. The summed E-state index contributed by atoms with van der Waals surface area (Å²) in [5.41, 5.74) is 0. The molecule has 0 amide bonds. The van der Waals surface area contributed by atoms with Crippen LogP contribution < -0.4 is 0 Å². The average molecular weight is 316 g/mol. The van der Waals surface area contributed by atoms with Gasteiger partial charge in [0, 0.05) is 39.0 Å². The summed E-state index contributed by atoms with van der Waals surface area (Å²) in [5.74, 6) is 0. The van der Waals surface area contributed by atoms with Crippen molar-refractivity contribution in [1.82, 2.24) is 9.80 Å². The Morgan fingerprint density at radius 2 is 1.55 bits per heavy atom. The third kappa shape index (κ3) is 4.33. The normalized spacial score (nSPS) is 21.9. The van der Waals surface area contributed by atoms with Gasteiger partial charge in [0.15, 0.2) is 9.84 Å². The van der Waals surface area contributed by atoms with Gasteiger partial charge in [-0.3, -0.25) is 9.80 Å². The van der Waals surface area contributed by atoms with Crippen molar-refractivity contribution < 1.29 is 21.6 Å². The molecule has 20 heavy (non-hydrogen) atoms. The molecule has 1 fully saturated rings. The fraction of sp³-hybridized carbons (Fsp3) is 1.00. The van der Waals surface area contributed by atoms with Crippen LogP contribution in [0.5, 0.6) is 0 Å². The summed E-state index contributed by atoms with van der Waals surface area (Å²) in [6.45, 7) is 6.33. The summed E-state index contributed by atoms with van der Waals surface area (Å²) in [7, 11) is -3.19. The maximum atomic E-state index is 12.6. The van der Waals surface area contributed by atoms with Crippen LogP contribution in [0.2, 0.25) is 0 Å². The molecule has 0 aliphatic carbocycles. The van der Waals surface area contributed by atoms with E-state index in [9.17, 15) is 21.6 Å². The second kappa shape index (κ2) is 5.81. The van der Waals surface area contributed by atoms with Gasteiger partial charge in [0.05, 0.1) is 4.75 Å². The molecular weight excluding hydrogens is 293 g/mol. The molecule has 4 nitrogen and oxygen atoms in total. The lowest BCUT2D eigenvalue weighted by Gasteiger charge is -2.40. The highest BCUT2D eigenvalue weighted by molar-refractivity contribution is 7.92. The number of hydrogen-bond acceptors (Lipinski definition) is 4. The highest BCUT2D eigenvalue weighted by atomic mass is 32.2. The maximum Gasteiger partial charge on any atom is 0.403 e. The molecule has 0 aromatic rings. The topological polar surface area (TPSA) is 40.6 Å². The molecule has 1 atom stereocenters. The van der Waals surface area contributed by atoms with Crippen LogP contribution in [0.4, 0.5) is 13.2 Å². The lowest BCUT2D eigenvalue weighted by atomic mass is 10.1. The SMILES string of the molecule is CC(N1CCN(CC(C)(C)S(C)(=O)=O)CC1)C(F)(F)F. The molecule has 0 N–H and O–H groups in total. The van der Waals surface area contributed by atoms with E-state index in [1.54, 1.807) is 13.8 Å². The third-order valence-corrected chi connectivity index (χ3v) is 6.17. The van der Waals surface area contributed by atoms with E-state index in [1.807, 2.05) is 4.90 Å². The Bertz CT molecular complexity index is 426. The molecule has 1 aliphatic heterocycles. The van der Waals surface area contributed by atoms with Crippen molar-refractivity contribution in [3.63, 3.8) is 0 Å². The quantitative estimate of drug-likeness (QED) is 0.786. The fourth-order valence-corrected chi connectivity index (χ4v) is 2.59. The van der Waals surface area contributed by atoms with E-state index < -0.39 is 26.8 Å². The Labute approximate surface area is 118 Å². The molecule has 0 aromatic heterocycles. The van der Waals surface area contributed by atoms with Gasteiger partial charge in [-0.25, -0.2) is 8.42 Å². The van der Waals surface area contributed by atoms with Gasteiger partial charge in [0.25, 0.3) is 0 Å². The van der Waals surface area contributed by atoms with Crippen LogP contribution in [0.15, 0.2) is 0 Å². The van der Waals surface area contributed by atoms with Crippen molar-refractivity contribution in [3.8, 4) is 0 Å². The molecule has 0 aromatic carbocycles. The average Bonchev–Trinajstić information content (AvgIpc) is 2.26. The Hall–Kier alpha value is -0.340. The van der Waals surface area contributed by atoms with Crippen molar-refractivity contribution >= 4 is 9.84 Å². The number of rotatable bonds is 4. The van der Waals surface area contributed by atoms with E-state index >= 15 is 0 Å². The van der Waals surface area contributed by atoms with Gasteiger partial charge < -0.3 is 0 Å². The zero-order valence-corrected chi connectivity index (χ0v) is 13.2. The zero-order valence-electron chi connectivity index (χ0n) is 12.4. The fourth-order valence-electron chi connectivity index (χ4n) is 2.17. The number of piperazine rings is 1. The van der Waals surface area contributed by atoms with Gasteiger partial charge in [-0.1, -0.05) is 0 Å². The van der Waals surface area contributed by atoms with Crippen LogP contribution in [0.1, 0.15) is 20.8 Å². The molecule has 1 unspecified atom stereocenters. The summed E-state index contributed by atoms with van der Waals surface area (Å²) in [4.78, 5) is 3.31. The van der Waals surface area contributed by atoms with Crippen LogP contribution in [-0.4, -0.2) is 74.2 Å². The monoisotopic (exact) mass is 316 g/mol. The van der Waals surface area contributed by atoms with Crippen molar-refractivity contribution in [2.75, 3.05) is 39.0 Å². The Balaban J connectivity index is 2.56. The van der Waals surface area contributed by atoms with Crippen molar-refractivity contribution in [2.45, 2.75) is 37.7 Å². The standard InChI is InChI=1S/C12H23F3N2O2S/c1-10(12(13,14)15)17-7-5-16(6-8-17)9-11(2,3)20(4,18)19/h10H,5-9H2,1-4H3. The Morgan fingerprint density at radius 1 is 1.10 bits per heavy atom. The Kier molecular flexibility index (Phi) is 5.14. The minimum atomic E-state index is -4.21. The van der Waals surface area contributed by atoms with Gasteiger partial charge in [0.2, 0.25) is 0 Å². The molecule has 0 bridgehead atoms. The van der Waals surface area contributed by atoms with Gasteiger partial charge in [-0.15, -0.1) is 0 Å². The lowest BCUT2D eigenvalue weighted by Crippen LogP contribution is -2.56. The van der Waals surface area contributed by atoms with Gasteiger partial charge in [-0.05, 0) is 20.8 Å². The van der Waals surface area contributed by atoms with Crippen LogP contribution in [0, 0.1) is 0 Å². The molecule has 1 saturated heterocycles. The summed E-state index contributed by atoms with van der Waals surface area (Å²) in [5, 5.41) is 0. The van der Waals surface area contributed by atoms with E-state index in [2.05, 4.69) is 0 Å². The van der Waals surface area contributed by atoms with E-state index in [1.165, 1.54) is 11.2 Å². The second-order valence-corrected chi connectivity index (χ2v) is 8.71. The van der Waals surface area contributed by atoms with Crippen LogP contribution in [-0.2, 0) is 9.84 Å². The molecule has 0 radical (unpaired) electrons. The largest absolute Gasteiger partial charge is 0.403 e. The second-order valence-electron chi connectivity index (χ2n) is 6.06. The van der Waals surface area contributed by atoms with Crippen molar-refractivity contribution in [3.05, 3.63) is 0 Å². The Morgan fingerprint density at radius 3 is 1.90 bits per heavy atom. The molecule has 1 aliphatic rings. The molecule has 120 valence electrons. The van der Waals surface area contributed by atoms with E-state index in [-0.39, 0.29) is 0 Å². The predicted octanol–water partition coefficient (Wildman–Crippen LogP) is 1.38. The first-order valence-corrected chi connectivity index (χ1v) is 8.46. The van der Waals surface area contributed by atoms with Gasteiger partial charge in [0.1, 0.15) is 6.04 Å². The predicted molar refractivity (Wildman–Crippen MR) is 72.5 cm³/mol. The first-order valence-electron chi connectivity index (χ1n) is 6.57. The van der Waals surface area contributed by atoms with E-state index in [4.69, 9.17) is 0 Å². The summed E-state index contributed by atoms with van der Waals surface area (Å²) in [6.07, 6.45) is -3.02. The highest BCUT2D eigenvalue weighted by Gasteiger charge is 2.41. The summed E-state index contributed by atoms with van der Waals surface area (Å²) < 4.78 is 60.3. The molecule has 1 heterocycles. The lowest BCUT2D eigenvalue weighted by molar-refractivity contribution is -0.182. The number of halogens is 3. The van der Waals surface area contributed by atoms with Gasteiger partial charge in [-0.2, -0.15) is 13.2 Å². The highest BCUT2D eigenvalue weighted by Crippen LogP contribution is 2.26. The number of nitrogens with zero attached hydrogens (tertiary/aromatic N) is 2. The van der Waals surface area contributed by atoms with E-state index in [0.29, 0.717) is 32.7 Å². The van der Waals surface area contributed by atoms with Crippen molar-refractivity contribution in [2.24, 2.45) is 0 Å². The number of sulfone groups is 1.